The molecule has 2 amide bonds. The number of amides is 2. The van der Waals surface area contributed by atoms with Crippen molar-refractivity contribution in [3.8, 4) is 0 Å². The Labute approximate surface area is 126 Å². The molecule has 1 saturated heterocycles. The van der Waals surface area contributed by atoms with Crippen LogP contribution in [0, 0.1) is 5.82 Å². The van der Waals surface area contributed by atoms with Gasteiger partial charge in [0, 0.05) is 19.1 Å². The molecule has 0 bridgehead atoms. The van der Waals surface area contributed by atoms with E-state index in [2.05, 4.69) is 0 Å². The summed E-state index contributed by atoms with van der Waals surface area (Å²) in [5.74, 6) is -3.18. The van der Waals surface area contributed by atoms with E-state index in [1.54, 1.807) is 0 Å². The fourth-order valence-corrected chi connectivity index (χ4v) is 2.76. The van der Waals surface area contributed by atoms with Gasteiger partial charge in [0.15, 0.2) is 0 Å². The van der Waals surface area contributed by atoms with Crippen molar-refractivity contribution >= 4 is 17.8 Å². The van der Waals surface area contributed by atoms with Gasteiger partial charge in [-0.3, -0.25) is 19.3 Å². The number of ether oxygens (including phenoxy) is 1. The zero-order chi connectivity index (χ0) is 16.3. The lowest BCUT2D eigenvalue weighted by Gasteiger charge is -2.26. The van der Waals surface area contributed by atoms with Gasteiger partial charge < -0.3 is 9.84 Å². The molecule has 0 aliphatic carbocycles. The van der Waals surface area contributed by atoms with Crippen LogP contribution in [0.3, 0.4) is 0 Å². The average Bonchev–Trinajstić information content (AvgIpc) is 2.68. The Morgan fingerprint density at radius 2 is 2.09 bits per heavy atom. The molecule has 6 nitrogen and oxygen atoms in total. The number of methoxy groups -OCH3 is 1. The van der Waals surface area contributed by atoms with Crippen LogP contribution in [-0.4, -0.2) is 48.1 Å². The van der Waals surface area contributed by atoms with Crippen LogP contribution in [0.5, 0.6) is 0 Å². The number of rotatable bonds is 6. The van der Waals surface area contributed by atoms with E-state index in [-0.39, 0.29) is 25.1 Å². The summed E-state index contributed by atoms with van der Waals surface area (Å²) in [6.07, 6.45) is -0.995. The molecular weight excluding hydrogens is 293 g/mol. The third-order valence-electron chi connectivity index (χ3n) is 3.77. The molecule has 0 saturated carbocycles. The van der Waals surface area contributed by atoms with Crippen molar-refractivity contribution in [2.45, 2.75) is 18.3 Å². The minimum atomic E-state index is -1.69. The standard InChI is InChI=1S/C15H16FNO5/c1-22-7-6-17-12(18)8-15(14(17)21,9-13(19)20)10-4-2-3-5-11(10)16/h2-5H,6-9H2,1H3,(H,19,20)/t15-/m0/s1. The molecule has 1 fully saturated rings. The highest BCUT2D eigenvalue weighted by atomic mass is 19.1. The van der Waals surface area contributed by atoms with Crippen molar-refractivity contribution in [2.75, 3.05) is 20.3 Å². The van der Waals surface area contributed by atoms with Crippen molar-refractivity contribution in [3.05, 3.63) is 35.6 Å². The van der Waals surface area contributed by atoms with E-state index < -0.39 is 35.4 Å². The van der Waals surface area contributed by atoms with Gasteiger partial charge in [0.25, 0.3) is 0 Å². The van der Waals surface area contributed by atoms with E-state index in [0.717, 1.165) is 11.0 Å². The molecule has 1 aromatic carbocycles. The van der Waals surface area contributed by atoms with E-state index >= 15 is 0 Å². The van der Waals surface area contributed by atoms with Crippen molar-refractivity contribution in [1.29, 1.82) is 0 Å². The fraction of sp³-hybridized carbons (Fsp3) is 0.400. The number of carbonyl (C=O) groups is 3. The summed E-state index contributed by atoms with van der Waals surface area (Å²) in [4.78, 5) is 36.9. The lowest BCUT2D eigenvalue weighted by Crippen LogP contribution is -2.41. The zero-order valence-electron chi connectivity index (χ0n) is 12.0. The van der Waals surface area contributed by atoms with E-state index in [4.69, 9.17) is 9.84 Å². The van der Waals surface area contributed by atoms with Gasteiger partial charge in [-0.25, -0.2) is 4.39 Å². The van der Waals surface area contributed by atoms with Crippen molar-refractivity contribution in [2.24, 2.45) is 0 Å². The average molecular weight is 309 g/mol. The number of halogens is 1. The molecular formula is C15H16FNO5. The second kappa shape index (κ2) is 6.23. The first-order chi connectivity index (χ1) is 10.4. The number of likely N-dealkylation sites (tertiary alicyclic amines) is 1. The number of hydrogen-bond donors (Lipinski definition) is 1. The number of aliphatic carboxylic acids is 1. The largest absolute Gasteiger partial charge is 0.481 e. The maximum Gasteiger partial charge on any atom is 0.304 e. The van der Waals surface area contributed by atoms with E-state index in [1.165, 1.54) is 25.3 Å². The van der Waals surface area contributed by atoms with Gasteiger partial charge in [-0.1, -0.05) is 18.2 Å². The topological polar surface area (TPSA) is 83.9 Å². The summed E-state index contributed by atoms with van der Waals surface area (Å²) < 4.78 is 19.0. The summed E-state index contributed by atoms with van der Waals surface area (Å²) in [6.45, 7) is 0.155. The molecule has 0 unspecified atom stereocenters. The molecule has 22 heavy (non-hydrogen) atoms. The smallest absolute Gasteiger partial charge is 0.304 e. The first kappa shape index (κ1) is 16.1. The van der Waals surface area contributed by atoms with Gasteiger partial charge in [-0.2, -0.15) is 0 Å². The maximum atomic E-state index is 14.1. The van der Waals surface area contributed by atoms with Crippen molar-refractivity contribution < 1.29 is 28.6 Å². The third-order valence-corrected chi connectivity index (χ3v) is 3.77. The van der Waals surface area contributed by atoms with Crippen LogP contribution in [0.15, 0.2) is 24.3 Å². The summed E-state index contributed by atoms with van der Waals surface area (Å²) >= 11 is 0. The van der Waals surface area contributed by atoms with Gasteiger partial charge in [0.2, 0.25) is 11.8 Å². The van der Waals surface area contributed by atoms with E-state index in [1.807, 2.05) is 0 Å². The number of nitrogens with zero attached hydrogens (tertiary/aromatic N) is 1. The Kier molecular flexibility index (Phi) is 4.56. The Balaban J connectivity index is 2.48. The van der Waals surface area contributed by atoms with Crippen LogP contribution in [0.25, 0.3) is 0 Å². The van der Waals surface area contributed by atoms with Gasteiger partial charge in [0.1, 0.15) is 5.82 Å². The highest BCUT2D eigenvalue weighted by Crippen LogP contribution is 2.40. The molecule has 7 heteroatoms. The van der Waals surface area contributed by atoms with Gasteiger partial charge in [-0.05, 0) is 6.07 Å². The van der Waals surface area contributed by atoms with Gasteiger partial charge in [-0.15, -0.1) is 0 Å². The van der Waals surface area contributed by atoms with Crippen LogP contribution in [-0.2, 0) is 24.5 Å². The molecule has 1 aliphatic heterocycles. The Morgan fingerprint density at radius 1 is 1.41 bits per heavy atom. The molecule has 1 atom stereocenters. The van der Waals surface area contributed by atoms with Crippen LogP contribution in [0.4, 0.5) is 4.39 Å². The SMILES string of the molecule is COCCN1C(=O)C[C@](CC(=O)O)(c2ccccc2F)C1=O. The van der Waals surface area contributed by atoms with Gasteiger partial charge >= 0.3 is 5.97 Å². The summed E-state index contributed by atoms with van der Waals surface area (Å²) in [5, 5.41) is 9.13. The molecule has 1 N–H and O–H groups in total. The number of carboxylic acids is 1. The quantitative estimate of drug-likeness (QED) is 0.791. The molecule has 118 valence electrons. The van der Waals surface area contributed by atoms with Crippen LogP contribution >= 0.6 is 0 Å². The van der Waals surface area contributed by atoms with Crippen molar-refractivity contribution in [3.63, 3.8) is 0 Å². The minimum absolute atomic E-state index is 0.0178. The number of carbonyl (C=O) groups excluding carboxylic acids is 2. The fourth-order valence-electron chi connectivity index (χ4n) is 2.76. The third kappa shape index (κ3) is 2.71. The first-order valence-corrected chi connectivity index (χ1v) is 6.73. The second-order valence-electron chi connectivity index (χ2n) is 5.15. The zero-order valence-corrected chi connectivity index (χ0v) is 12.0. The highest BCUT2D eigenvalue weighted by molar-refractivity contribution is 6.10. The molecule has 1 aliphatic rings. The van der Waals surface area contributed by atoms with Gasteiger partial charge in [0.05, 0.1) is 25.0 Å². The van der Waals surface area contributed by atoms with Crippen LogP contribution in [0.2, 0.25) is 0 Å². The first-order valence-electron chi connectivity index (χ1n) is 6.73. The number of benzene rings is 1. The Bertz CT molecular complexity index is 618. The lowest BCUT2D eigenvalue weighted by molar-refractivity contribution is -0.145. The maximum absolute atomic E-state index is 14.1. The summed E-state index contributed by atoms with van der Waals surface area (Å²) in [6, 6.07) is 5.45. The Morgan fingerprint density at radius 3 is 2.68 bits per heavy atom. The van der Waals surface area contributed by atoms with Crippen molar-refractivity contribution in [1.82, 2.24) is 4.90 Å². The molecule has 1 heterocycles. The highest BCUT2D eigenvalue weighted by Gasteiger charge is 2.54. The molecule has 0 radical (unpaired) electrons. The predicted octanol–water partition coefficient (Wildman–Crippen LogP) is 0.943. The second-order valence-corrected chi connectivity index (χ2v) is 5.15. The Hall–Kier alpha value is -2.28. The van der Waals surface area contributed by atoms with E-state index in [9.17, 15) is 18.8 Å². The predicted molar refractivity (Wildman–Crippen MR) is 73.5 cm³/mol. The minimum Gasteiger partial charge on any atom is -0.481 e. The summed E-state index contributed by atoms with van der Waals surface area (Å²) in [5.41, 5.74) is -1.75. The molecule has 0 aromatic heterocycles. The molecule has 0 spiro atoms. The summed E-state index contributed by atoms with van der Waals surface area (Å²) in [7, 11) is 1.42. The van der Waals surface area contributed by atoms with Crippen LogP contribution < -0.4 is 0 Å². The normalized spacial score (nSPS) is 21.5. The number of hydrogen-bond acceptors (Lipinski definition) is 4. The van der Waals surface area contributed by atoms with Crippen LogP contribution in [0.1, 0.15) is 18.4 Å². The monoisotopic (exact) mass is 309 g/mol. The lowest BCUT2D eigenvalue weighted by atomic mass is 9.75. The molecule has 1 aromatic rings. The number of carboxylic acid groups (broad SMARTS) is 1. The molecule has 2 rings (SSSR count). The number of imide groups is 1. The van der Waals surface area contributed by atoms with E-state index in [0.29, 0.717) is 0 Å².